The van der Waals surface area contributed by atoms with E-state index in [2.05, 4.69) is 6.92 Å². The second-order valence-corrected chi connectivity index (χ2v) is 6.34. The number of thioether (sulfide) groups is 2. The highest BCUT2D eigenvalue weighted by molar-refractivity contribution is 8.00. The fraction of sp³-hybridized carbons (Fsp3) is 1.00. The van der Waals surface area contributed by atoms with Crippen molar-refractivity contribution in [3.05, 3.63) is 0 Å². The SMILES string of the molecule is CC(CCCSCCCl)SCCCl. The number of hydrogen-bond acceptors (Lipinski definition) is 2. The van der Waals surface area contributed by atoms with Crippen LogP contribution < -0.4 is 0 Å². The van der Waals surface area contributed by atoms with Crippen molar-refractivity contribution in [3.8, 4) is 0 Å². The van der Waals surface area contributed by atoms with E-state index in [1.165, 1.54) is 18.6 Å². The van der Waals surface area contributed by atoms with Crippen molar-refractivity contribution in [1.82, 2.24) is 0 Å². The summed E-state index contributed by atoms with van der Waals surface area (Å²) in [6.07, 6.45) is 2.61. The largest absolute Gasteiger partial charge is 0.161 e. The standard InChI is InChI=1S/C9H18Cl2S2/c1-9(13-8-5-11)3-2-6-12-7-4-10/h9H,2-8H2,1H3. The summed E-state index contributed by atoms with van der Waals surface area (Å²) < 4.78 is 0. The van der Waals surface area contributed by atoms with Gasteiger partial charge in [-0.1, -0.05) is 6.92 Å². The van der Waals surface area contributed by atoms with Crippen LogP contribution >= 0.6 is 46.7 Å². The van der Waals surface area contributed by atoms with Gasteiger partial charge in [0.15, 0.2) is 0 Å². The third kappa shape index (κ3) is 11.2. The first-order valence-corrected chi connectivity index (χ1v) is 7.89. The fourth-order valence-corrected chi connectivity index (χ4v) is 3.06. The minimum absolute atomic E-state index is 0.760. The number of rotatable bonds is 9. The minimum Gasteiger partial charge on any atom is -0.161 e. The molecule has 0 radical (unpaired) electrons. The van der Waals surface area contributed by atoms with E-state index in [1.807, 2.05) is 23.5 Å². The third-order valence-corrected chi connectivity index (χ3v) is 4.74. The molecule has 0 amide bonds. The van der Waals surface area contributed by atoms with Crippen LogP contribution in [0.25, 0.3) is 0 Å². The lowest BCUT2D eigenvalue weighted by molar-refractivity contribution is 0.794. The van der Waals surface area contributed by atoms with Gasteiger partial charge in [-0.05, 0) is 18.6 Å². The zero-order chi connectivity index (χ0) is 9.94. The van der Waals surface area contributed by atoms with Gasteiger partial charge in [0.1, 0.15) is 0 Å². The van der Waals surface area contributed by atoms with Crippen LogP contribution in [-0.4, -0.2) is 34.3 Å². The lowest BCUT2D eigenvalue weighted by Crippen LogP contribution is -1.99. The molecule has 4 heteroatoms. The highest BCUT2D eigenvalue weighted by atomic mass is 35.5. The van der Waals surface area contributed by atoms with Gasteiger partial charge >= 0.3 is 0 Å². The van der Waals surface area contributed by atoms with Crippen molar-refractivity contribution in [1.29, 1.82) is 0 Å². The van der Waals surface area contributed by atoms with Crippen LogP contribution in [0.3, 0.4) is 0 Å². The summed E-state index contributed by atoms with van der Waals surface area (Å²) in [6, 6.07) is 0. The molecule has 0 aromatic rings. The first-order valence-electron chi connectivity index (χ1n) is 4.62. The van der Waals surface area contributed by atoms with Crippen LogP contribution in [0.15, 0.2) is 0 Å². The summed E-state index contributed by atoms with van der Waals surface area (Å²) in [5.41, 5.74) is 0. The molecule has 1 atom stereocenters. The maximum absolute atomic E-state index is 5.61. The van der Waals surface area contributed by atoms with Crippen molar-refractivity contribution in [2.75, 3.05) is 29.0 Å². The Kier molecular flexibility index (Phi) is 12.5. The zero-order valence-electron chi connectivity index (χ0n) is 8.10. The quantitative estimate of drug-likeness (QED) is 0.452. The Morgan fingerprint density at radius 1 is 1.08 bits per heavy atom. The Balaban J connectivity index is 3.03. The van der Waals surface area contributed by atoms with E-state index >= 15 is 0 Å². The van der Waals surface area contributed by atoms with E-state index < -0.39 is 0 Å². The van der Waals surface area contributed by atoms with Gasteiger partial charge in [0.2, 0.25) is 0 Å². The van der Waals surface area contributed by atoms with Gasteiger partial charge in [-0.25, -0.2) is 0 Å². The van der Waals surface area contributed by atoms with Crippen LogP contribution in [-0.2, 0) is 0 Å². The Labute approximate surface area is 101 Å². The second-order valence-electron chi connectivity index (χ2n) is 2.81. The molecule has 0 nitrogen and oxygen atoms in total. The monoisotopic (exact) mass is 260 g/mol. The van der Waals surface area contributed by atoms with Gasteiger partial charge < -0.3 is 0 Å². The zero-order valence-corrected chi connectivity index (χ0v) is 11.2. The molecule has 0 rings (SSSR count). The van der Waals surface area contributed by atoms with Crippen molar-refractivity contribution < 1.29 is 0 Å². The highest BCUT2D eigenvalue weighted by Gasteiger charge is 2.01. The van der Waals surface area contributed by atoms with E-state index in [4.69, 9.17) is 23.2 Å². The van der Waals surface area contributed by atoms with Gasteiger partial charge in [-0.15, -0.1) is 23.2 Å². The lowest BCUT2D eigenvalue weighted by atomic mass is 10.3. The lowest BCUT2D eigenvalue weighted by Gasteiger charge is -2.09. The van der Waals surface area contributed by atoms with Gasteiger partial charge in [-0.2, -0.15) is 23.5 Å². The first-order chi connectivity index (χ1) is 6.31. The normalized spacial score (nSPS) is 13.2. The van der Waals surface area contributed by atoms with Gasteiger partial charge in [0.25, 0.3) is 0 Å². The highest BCUT2D eigenvalue weighted by Crippen LogP contribution is 2.17. The van der Waals surface area contributed by atoms with Crippen molar-refractivity contribution in [2.45, 2.75) is 25.0 Å². The summed E-state index contributed by atoms with van der Waals surface area (Å²) in [5, 5.41) is 0.760. The molecule has 0 bridgehead atoms. The Bertz CT molecular complexity index is 102. The van der Waals surface area contributed by atoms with E-state index in [0.717, 1.165) is 28.5 Å². The molecule has 0 saturated heterocycles. The molecule has 80 valence electrons. The fourth-order valence-electron chi connectivity index (χ4n) is 0.959. The molecule has 0 spiro atoms. The van der Waals surface area contributed by atoms with E-state index in [-0.39, 0.29) is 0 Å². The maximum Gasteiger partial charge on any atom is 0.0314 e. The molecule has 0 aliphatic heterocycles. The predicted octanol–water partition coefficient (Wildman–Crippen LogP) is 4.10. The minimum atomic E-state index is 0.760. The third-order valence-electron chi connectivity index (χ3n) is 1.60. The Hall–Kier alpha value is 1.28. The molecule has 0 saturated carbocycles. The molecule has 0 aromatic carbocycles. The smallest absolute Gasteiger partial charge is 0.0314 e. The topological polar surface area (TPSA) is 0 Å². The Morgan fingerprint density at radius 3 is 2.38 bits per heavy atom. The molecular weight excluding hydrogens is 243 g/mol. The molecule has 0 aliphatic carbocycles. The van der Waals surface area contributed by atoms with Crippen molar-refractivity contribution >= 4 is 46.7 Å². The Morgan fingerprint density at radius 2 is 1.77 bits per heavy atom. The van der Waals surface area contributed by atoms with Crippen molar-refractivity contribution in [2.24, 2.45) is 0 Å². The summed E-state index contributed by atoms with van der Waals surface area (Å²) in [7, 11) is 0. The molecule has 0 aromatic heterocycles. The van der Waals surface area contributed by atoms with E-state index in [1.54, 1.807) is 0 Å². The van der Waals surface area contributed by atoms with E-state index in [0.29, 0.717) is 0 Å². The summed E-state index contributed by atoms with van der Waals surface area (Å²) in [4.78, 5) is 0. The first kappa shape index (κ1) is 14.3. The second kappa shape index (κ2) is 11.4. The van der Waals surface area contributed by atoms with Gasteiger partial charge in [-0.3, -0.25) is 0 Å². The number of alkyl halides is 2. The van der Waals surface area contributed by atoms with Crippen LogP contribution in [0, 0.1) is 0 Å². The van der Waals surface area contributed by atoms with Gasteiger partial charge in [0.05, 0.1) is 0 Å². The summed E-state index contributed by atoms with van der Waals surface area (Å²) in [5.74, 6) is 4.97. The molecule has 0 fully saturated rings. The average Bonchev–Trinajstić information content (AvgIpc) is 2.14. The van der Waals surface area contributed by atoms with E-state index in [9.17, 15) is 0 Å². The summed E-state index contributed by atoms with van der Waals surface area (Å²) >= 11 is 15.1. The molecular formula is C9H18Cl2S2. The van der Waals surface area contributed by atoms with Crippen LogP contribution in [0.4, 0.5) is 0 Å². The summed E-state index contributed by atoms with van der Waals surface area (Å²) in [6.45, 7) is 2.28. The molecule has 13 heavy (non-hydrogen) atoms. The molecule has 0 N–H and O–H groups in total. The van der Waals surface area contributed by atoms with Crippen LogP contribution in [0.5, 0.6) is 0 Å². The average molecular weight is 261 g/mol. The number of halogens is 2. The molecule has 1 unspecified atom stereocenters. The molecule has 0 aliphatic rings. The van der Waals surface area contributed by atoms with Crippen molar-refractivity contribution in [3.63, 3.8) is 0 Å². The van der Waals surface area contributed by atoms with Gasteiger partial charge in [0, 0.05) is 28.5 Å². The number of hydrogen-bond donors (Lipinski definition) is 0. The van der Waals surface area contributed by atoms with Crippen LogP contribution in [0.2, 0.25) is 0 Å². The molecule has 0 heterocycles. The predicted molar refractivity (Wildman–Crippen MR) is 69.9 cm³/mol. The van der Waals surface area contributed by atoms with Crippen LogP contribution in [0.1, 0.15) is 19.8 Å². The maximum atomic E-state index is 5.61.